The fourth-order valence-electron chi connectivity index (χ4n) is 2.76. The summed E-state index contributed by atoms with van der Waals surface area (Å²) in [5.74, 6) is 0.352. The van der Waals surface area contributed by atoms with Crippen LogP contribution in [0.15, 0.2) is 0 Å². The Labute approximate surface area is 98.6 Å². The smallest absolute Gasteiger partial charge is 0.224 e. The summed E-state index contributed by atoms with van der Waals surface area (Å²) in [5, 5.41) is 3.45. The van der Waals surface area contributed by atoms with Crippen molar-refractivity contribution >= 4 is 5.91 Å². The minimum Gasteiger partial charge on any atom is -0.342 e. The van der Waals surface area contributed by atoms with Crippen LogP contribution in [0.2, 0.25) is 0 Å². The van der Waals surface area contributed by atoms with Crippen molar-refractivity contribution in [2.24, 2.45) is 5.41 Å². The fraction of sp³-hybridized carbons (Fsp3) is 0.923. The highest BCUT2D eigenvalue weighted by Gasteiger charge is 2.32. The van der Waals surface area contributed by atoms with E-state index in [1.807, 2.05) is 0 Å². The van der Waals surface area contributed by atoms with Crippen LogP contribution in [0.1, 0.15) is 46.0 Å². The van der Waals surface area contributed by atoms with E-state index in [1.165, 1.54) is 19.3 Å². The monoisotopic (exact) mass is 224 g/mol. The van der Waals surface area contributed by atoms with Gasteiger partial charge in [0.05, 0.1) is 0 Å². The Morgan fingerprint density at radius 1 is 1.44 bits per heavy atom. The first-order valence-corrected chi connectivity index (χ1v) is 6.58. The van der Waals surface area contributed by atoms with E-state index in [0.29, 0.717) is 23.8 Å². The van der Waals surface area contributed by atoms with E-state index in [4.69, 9.17) is 0 Å². The van der Waals surface area contributed by atoms with E-state index in [9.17, 15) is 4.79 Å². The summed E-state index contributed by atoms with van der Waals surface area (Å²) >= 11 is 0. The predicted octanol–water partition coefficient (Wildman–Crippen LogP) is 1.78. The van der Waals surface area contributed by atoms with Crippen molar-refractivity contribution in [1.29, 1.82) is 0 Å². The summed E-state index contributed by atoms with van der Waals surface area (Å²) in [5.41, 5.74) is 0.329. The summed E-state index contributed by atoms with van der Waals surface area (Å²) in [6.07, 6.45) is 5.56. The highest BCUT2D eigenvalue weighted by atomic mass is 16.2. The van der Waals surface area contributed by atoms with E-state index in [2.05, 4.69) is 24.1 Å². The Hall–Kier alpha value is -0.570. The quantitative estimate of drug-likeness (QED) is 0.775. The zero-order chi connectivity index (χ0) is 11.6. The summed E-state index contributed by atoms with van der Waals surface area (Å²) in [6.45, 7) is 7.48. The molecular formula is C13H24N2O. The number of rotatable bonds is 2. The zero-order valence-electron chi connectivity index (χ0n) is 10.6. The summed E-state index contributed by atoms with van der Waals surface area (Å²) in [7, 11) is 0. The number of piperidine rings is 1. The molecule has 2 rings (SSSR count). The second kappa shape index (κ2) is 4.74. The Bertz CT molecular complexity index is 257. The highest BCUT2D eigenvalue weighted by Crippen LogP contribution is 2.29. The van der Waals surface area contributed by atoms with Crippen LogP contribution >= 0.6 is 0 Å². The van der Waals surface area contributed by atoms with Crippen molar-refractivity contribution < 1.29 is 4.79 Å². The lowest BCUT2D eigenvalue weighted by atomic mass is 9.93. The largest absolute Gasteiger partial charge is 0.342 e. The number of carbonyl (C=O) groups is 1. The van der Waals surface area contributed by atoms with E-state index in [0.717, 1.165) is 26.1 Å². The summed E-state index contributed by atoms with van der Waals surface area (Å²) < 4.78 is 0. The fourth-order valence-corrected chi connectivity index (χ4v) is 2.76. The molecule has 3 heteroatoms. The van der Waals surface area contributed by atoms with Gasteiger partial charge in [-0.25, -0.2) is 0 Å². The topological polar surface area (TPSA) is 32.3 Å². The standard InChI is InChI=1S/C13H24N2O/c1-13(2)6-8-15(10-13)12(16)9-11-5-3-4-7-14-11/h11,14H,3-10H2,1-2H3. The highest BCUT2D eigenvalue weighted by molar-refractivity contribution is 5.77. The molecule has 1 N–H and O–H groups in total. The van der Waals surface area contributed by atoms with Crippen LogP contribution in [-0.2, 0) is 4.79 Å². The molecule has 16 heavy (non-hydrogen) atoms. The Balaban J connectivity index is 1.79. The van der Waals surface area contributed by atoms with Crippen molar-refractivity contribution in [2.45, 2.75) is 52.0 Å². The zero-order valence-corrected chi connectivity index (χ0v) is 10.6. The van der Waals surface area contributed by atoms with E-state index in [-0.39, 0.29) is 0 Å². The molecular weight excluding hydrogens is 200 g/mol. The molecule has 1 atom stereocenters. The molecule has 2 aliphatic rings. The molecule has 1 amide bonds. The van der Waals surface area contributed by atoms with Crippen LogP contribution in [0, 0.1) is 5.41 Å². The summed E-state index contributed by atoms with van der Waals surface area (Å²) in [6, 6.07) is 0.435. The molecule has 0 radical (unpaired) electrons. The van der Waals surface area contributed by atoms with Gasteiger partial charge in [-0.1, -0.05) is 20.3 Å². The lowest BCUT2D eigenvalue weighted by molar-refractivity contribution is -0.131. The van der Waals surface area contributed by atoms with Gasteiger partial charge in [0, 0.05) is 25.6 Å². The Morgan fingerprint density at radius 2 is 2.25 bits per heavy atom. The van der Waals surface area contributed by atoms with Gasteiger partial charge in [0.1, 0.15) is 0 Å². The third-order valence-electron chi connectivity index (χ3n) is 3.86. The van der Waals surface area contributed by atoms with Gasteiger partial charge < -0.3 is 10.2 Å². The number of carbonyl (C=O) groups excluding carboxylic acids is 1. The molecule has 3 nitrogen and oxygen atoms in total. The molecule has 0 spiro atoms. The number of nitrogens with one attached hydrogen (secondary N) is 1. The maximum Gasteiger partial charge on any atom is 0.224 e. The van der Waals surface area contributed by atoms with Crippen molar-refractivity contribution in [3.8, 4) is 0 Å². The third kappa shape index (κ3) is 2.97. The van der Waals surface area contributed by atoms with Gasteiger partial charge in [0.15, 0.2) is 0 Å². The number of nitrogens with zero attached hydrogens (tertiary/aromatic N) is 1. The van der Waals surface area contributed by atoms with Gasteiger partial charge in [0.2, 0.25) is 5.91 Å². The molecule has 0 aromatic heterocycles. The molecule has 2 saturated heterocycles. The van der Waals surface area contributed by atoms with Crippen LogP contribution in [-0.4, -0.2) is 36.5 Å². The molecule has 1 unspecified atom stereocenters. The van der Waals surface area contributed by atoms with Crippen molar-refractivity contribution in [2.75, 3.05) is 19.6 Å². The van der Waals surface area contributed by atoms with Crippen molar-refractivity contribution in [3.63, 3.8) is 0 Å². The SMILES string of the molecule is CC1(C)CCN(C(=O)CC2CCCCN2)C1. The van der Waals surface area contributed by atoms with Crippen LogP contribution in [0.5, 0.6) is 0 Å². The minimum absolute atomic E-state index is 0.329. The van der Waals surface area contributed by atoms with Gasteiger partial charge in [-0.05, 0) is 31.2 Å². The number of likely N-dealkylation sites (tertiary alicyclic amines) is 1. The lowest BCUT2D eigenvalue weighted by Gasteiger charge is -2.26. The second-order valence-electron chi connectivity index (χ2n) is 6.08. The van der Waals surface area contributed by atoms with Crippen LogP contribution in [0.3, 0.4) is 0 Å². The van der Waals surface area contributed by atoms with E-state index < -0.39 is 0 Å². The molecule has 0 saturated carbocycles. The maximum atomic E-state index is 12.1. The van der Waals surface area contributed by atoms with Crippen LogP contribution in [0.4, 0.5) is 0 Å². The molecule has 0 aromatic carbocycles. The van der Waals surface area contributed by atoms with Crippen LogP contribution < -0.4 is 5.32 Å². The van der Waals surface area contributed by atoms with Gasteiger partial charge in [-0.2, -0.15) is 0 Å². The van der Waals surface area contributed by atoms with Gasteiger partial charge in [-0.3, -0.25) is 4.79 Å². The first-order valence-electron chi connectivity index (χ1n) is 6.58. The average Bonchev–Trinajstić information content (AvgIpc) is 2.60. The average molecular weight is 224 g/mol. The second-order valence-corrected chi connectivity index (χ2v) is 6.08. The predicted molar refractivity (Wildman–Crippen MR) is 65.2 cm³/mol. The molecule has 0 aliphatic carbocycles. The molecule has 2 heterocycles. The third-order valence-corrected chi connectivity index (χ3v) is 3.86. The number of hydrogen-bond donors (Lipinski definition) is 1. The normalized spacial score (nSPS) is 29.4. The van der Waals surface area contributed by atoms with E-state index in [1.54, 1.807) is 0 Å². The maximum absolute atomic E-state index is 12.1. The molecule has 92 valence electrons. The number of amides is 1. The Morgan fingerprint density at radius 3 is 2.81 bits per heavy atom. The lowest BCUT2D eigenvalue weighted by Crippen LogP contribution is -2.40. The van der Waals surface area contributed by atoms with Gasteiger partial charge in [-0.15, -0.1) is 0 Å². The number of hydrogen-bond acceptors (Lipinski definition) is 2. The first-order chi connectivity index (χ1) is 7.57. The first kappa shape index (κ1) is 11.9. The van der Waals surface area contributed by atoms with Gasteiger partial charge in [0.25, 0.3) is 0 Å². The van der Waals surface area contributed by atoms with Gasteiger partial charge >= 0.3 is 0 Å². The molecule has 2 aliphatic heterocycles. The van der Waals surface area contributed by atoms with Crippen LogP contribution in [0.25, 0.3) is 0 Å². The molecule has 0 bridgehead atoms. The summed E-state index contributed by atoms with van der Waals surface area (Å²) in [4.78, 5) is 14.1. The molecule has 2 fully saturated rings. The van der Waals surface area contributed by atoms with Crippen molar-refractivity contribution in [1.82, 2.24) is 10.2 Å². The van der Waals surface area contributed by atoms with E-state index >= 15 is 0 Å². The Kier molecular flexibility index (Phi) is 3.53. The molecule has 0 aromatic rings. The minimum atomic E-state index is 0.329. The van der Waals surface area contributed by atoms with Crippen molar-refractivity contribution in [3.05, 3.63) is 0 Å².